The van der Waals surface area contributed by atoms with Crippen LogP contribution in [-0.4, -0.2) is 33.9 Å². The van der Waals surface area contributed by atoms with Crippen molar-refractivity contribution in [3.8, 4) is 28.0 Å². The maximum absolute atomic E-state index is 13.0. The third-order valence-corrected chi connectivity index (χ3v) is 7.31. The molecule has 0 spiro atoms. The Hall–Kier alpha value is -6.52. The molecule has 0 bridgehead atoms. The van der Waals surface area contributed by atoms with Gasteiger partial charge in [0.05, 0.1) is 31.8 Å². The van der Waals surface area contributed by atoms with E-state index in [4.69, 9.17) is 0 Å². The quantitative estimate of drug-likeness (QED) is 0.211. The van der Waals surface area contributed by atoms with Crippen LogP contribution in [0.25, 0.3) is 44.1 Å². The van der Waals surface area contributed by atoms with Crippen molar-refractivity contribution in [1.29, 1.82) is 0 Å². The summed E-state index contributed by atoms with van der Waals surface area (Å²) in [4.78, 5) is 69.6. The molecule has 0 atom stereocenters. The van der Waals surface area contributed by atoms with E-state index in [1.165, 1.54) is 33.2 Å². The van der Waals surface area contributed by atoms with Gasteiger partial charge in [0.2, 0.25) is 0 Å². The van der Waals surface area contributed by atoms with Crippen LogP contribution >= 0.6 is 0 Å². The summed E-state index contributed by atoms with van der Waals surface area (Å²) in [5.74, 6) is -0.414. The van der Waals surface area contributed by atoms with Crippen molar-refractivity contribution in [1.82, 2.24) is 9.13 Å². The number of aromatic hydroxyl groups is 1. The van der Waals surface area contributed by atoms with Gasteiger partial charge in [-0.15, -0.1) is 0 Å². The minimum atomic E-state index is -0.883. The number of fused-ring (bicyclic) bond motifs is 2. The van der Waals surface area contributed by atoms with Gasteiger partial charge in [-0.3, -0.25) is 50.0 Å². The molecule has 5 rings (SSSR count). The molecule has 2 aromatic heterocycles. The largest absolute Gasteiger partial charge is 0.507 e. The van der Waals surface area contributed by atoms with Crippen molar-refractivity contribution < 1.29 is 24.8 Å². The molecule has 17 nitrogen and oxygen atoms in total. The number of phenolic OH excluding ortho intramolecular Hbond substituents is 1. The zero-order valence-electron chi connectivity index (χ0n) is 22.8. The first-order valence-corrected chi connectivity index (χ1v) is 12.4. The molecule has 2 heterocycles. The van der Waals surface area contributed by atoms with Crippen molar-refractivity contribution in [2.24, 2.45) is 14.1 Å². The predicted molar refractivity (Wildman–Crippen MR) is 156 cm³/mol. The van der Waals surface area contributed by atoms with Crippen LogP contribution in [0.5, 0.6) is 5.75 Å². The molecule has 0 fully saturated rings. The van der Waals surface area contributed by atoms with Crippen molar-refractivity contribution in [3.05, 3.63) is 115 Å². The topological polar surface area (TPSA) is 237 Å². The number of pyridine rings is 2. The molecule has 3 aromatic carbocycles. The smallest absolute Gasteiger partial charge is 0.300 e. The lowest BCUT2D eigenvalue weighted by Crippen LogP contribution is -2.18. The number of phenols is 1. The molecule has 0 aliphatic rings. The fourth-order valence-corrected chi connectivity index (χ4v) is 5.23. The second kappa shape index (κ2) is 10.1. The Bertz CT molecular complexity index is 2290. The number of rotatable bonds is 6. The van der Waals surface area contributed by atoms with Crippen LogP contribution in [0.15, 0.2) is 58.1 Å². The highest BCUT2D eigenvalue weighted by molar-refractivity contribution is 6.04. The lowest BCUT2D eigenvalue weighted by atomic mass is 9.91. The predicted octanol–water partition coefficient (Wildman–Crippen LogP) is 4.37. The zero-order valence-corrected chi connectivity index (χ0v) is 22.8. The van der Waals surface area contributed by atoms with E-state index in [1.54, 1.807) is 0 Å². The summed E-state index contributed by atoms with van der Waals surface area (Å²) >= 11 is 0. The van der Waals surface area contributed by atoms with Crippen LogP contribution in [0, 0.1) is 47.4 Å². The number of nitrogens with zero attached hydrogens (tertiary/aromatic N) is 6. The first-order chi connectivity index (χ1) is 20.6. The number of non-ortho nitro benzene ring substituents is 4. The minimum Gasteiger partial charge on any atom is -0.507 e. The number of aromatic nitrogens is 2. The number of hydrogen-bond acceptors (Lipinski definition) is 11. The van der Waals surface area contributed by atoms with E-state index >= 15 is 0 Å². The maximum atomic E-state index is 13.0. The van der Waals surface area contributed by atoms with E-state index in [-0.39, 0.29) is 49.6 Å². The van der Waals surface area contributed by atoms with Gasteiger partial charge in [-0.25, -0.2) is 0 Å². The van der Waals surface area contributed by atoms with Crippen molar-refractivity contribution in [2.45, 2.75) is 6.92 Å². The van der Waals surface area contributed by atoms with Crippen molar-refractivity contribution in [3.63, 3.8) is 0 Å². The lowest BCUT2D eigenvalue weighted by molar-refractivity contribution is -0.393. The summed E-state index contributed by atoms with van der Waals surface area (Å²) < 4.78 is 1.89. The van der Waals surface area contributed by atoms with Gasteiger partial charge < -0.3 is 14.2 Å². The first-order valence-electron chi connectivity index (χ1n) is 12.4. The van der Waals surface area contributed by atoms with Gasteiger partial charge in [0, 0.05) is 60.3 Å². The van der Waals surface area contributed by atoms with E-state index in [1.807, 2.05) is 0 Å². The van der Waals surface area contributed by atoms with Crippen LogP contribution in [0.1, 0.15) is 5.56 Å². The van der Waals surface area contributed by atoms with Gasteiger partial charge in [-0.05, 0) is 35.7 Å². The summed E-state index contributed by atoms with van der Waals surface area (Å²) in [6, 6.07) is 8.28. The SMILES string of the molecule is Cc1cc(-c2cc(=O)n(C)c3c([N+](=O)[O-])cc([N+](=O)[O-])cc23)cc(-c2cc(=O)n(C)c3c([N+](=O)[O-])cc([N+](=O)[O-])cc23)c1O. The average molecular weight is 602 g/mol. The van der Waals surface area contributed by atoms with E-state index in [9.17, 15) is 55.2 Å². The lowest BCUT2D eigenvalue weighted by Gasteiger charge is -2.16. The van der Waals surface area contributed by atoms with Crippen LogP contribution in [0.2, 0.25) is 0 Å². The molecular formula is C27H18N6O11. The summed E-state index contributed by atoms with van der Waals surface area (Å²) in [6.45, 7) is 1.45. The monoisotopic (exact) mass is 602 g/mol. The summed E-state index contributed by atoms with van der Waals surface area (Å²) in [6.07, 6.45) is 0. The van der Waals surface area contributed by atoms with Gasteiger partial charge in [0.1, 0.15) is 16.8 Å². The average Bonchev–Trinajstić information content (AvgIpc) is 2.96. The molecule has 222 valence electrons. The van der Waals surface area contributed by atoms with Crippen molar-refractivity contribution >= 4 is 44.6 Å². The number of nitro groups is 4. The minimum absolute atomic E-state index is 0.00403. The van der Waals surface area contributed by atoms with Gasteiger partial charge in [0.25, 0.3) is 33.9 Å². The third-order valence-electron chi connectivity index (χ3n) is 7.31. The molecule has 0 saturated carbocycles. The Kier molecular flexibility index (Phi) is 6.64. The molecule has 0 amide bonds. The molecule has 17 heteroatoms. The number of benzene rings is 3. The van der Waals surface area contributed by atoms with Crippen LogP contribution in [0.4, 0.5) is 22.7 Å². The Balaban J connectivity index is 1.95. The van der Waals surface area contributed by atoms with Gasteiger partial charge in [0.15, 0.2) is 0 Å². The van der Waals surface area contributed by atoms with E-state index < -0.39 is 59.3 Å². The number of nitro benzene ring substituents is 4. The second-order valence-electron chi connectivity index (χ2n) is 9.85. The van der Waals surface area contributed by atoms with Gasteiger partial charge in [-0.1, -0.05) is 0 Å². The molecule has 0 aliphatic heterocycles. The zero-order chi connectivity index (χ0) is 32.4. The van der Waals surface area contributed by atoms with E-state index in [0.717, 1.165) is 39.5 Å². The highest BCUT2D eigenvalue weighted by Crippen LogP contribution is 2.43. The Morgan fingerprint density at radius 1 is 0.591 bits per heavy atom. The fourth-order valence-electron chi connectivity index (χ4n) is 5.23. The highest BCUT2D eigenvalue weighted by Gasteiger charge is 2.27. The standard InChI is InChI=1S/C27H18N6O11/c1-12-4-13(16-10-23(34)28(2)25-18(16)6-14(30(37)38)8-21(25)32(41)42)5-20(27(12)36)17-11-24(35)29(3)26-19(17)7-15(31(39)40)9-22(26)33(43)44/h4-11,36H,1-3H3. The first kappa shape index (κ1) is 29.0. The normalized spacial score (nSPS) is 11.2. The summed E-state index contributed by atoms with van der Waals surface area (Å²) in [7, 11) is 2.49. The van der Waals surface area contributed by atoms with E-state index in [0.29, 0.717) is 6.07 Å². The highest BCUT2D eigenvalue weighted by atomic mass is 16.6. The van der Waals surface area contributed by atoms with Crippen molar-refractivity contribution in [2.75, 3.05) is 0 Å². The second-order valence-corrected chi connectivity index (χ2v) is 9.85. The molecule has 0 radical (unpaired) electrons. The molecule has 1 N–H and O–H groups in total. The molecule has 0 saturated heterocycles. The third kappa shape index (κ3) is 4.44. The maximum Gasteiger partial charge on any atom is 0.300 e. The molecule has 0 aliphatic carbocycles. The number of hydrogen-bond donors (Lipinski definition) is 1. The molecule has 44 heavy (non-hydrogen) atoms. The van der Waals surface area contributed by atoms with Gasteiger partial charge in [-0.2, -0.15) is 0 Å². The molecular weight excluding hydrogens is 584 g/mol. The molecule has 5 aromatic rings. The van der Waals surface area contributed by atoms with E-state index in [2.05, 4.69) is 0 Å². The number of aryl methyl sites for hydroxylation is 3. The summed E-state index contributed by atoms with van der Waals surface area (Å²) in [5, 5.41) is 58.0. The molecule has 0 unspecified atom stereocenters. The Labute approximate surface area is 243 Å². The Morgan fingerprint density at radius 2 is 1.02 bits per heavy atom. The fraction of sp³-hybridized carbons (Fsp3) is 0.111. The summed E-state index contributed by atoms with van der Waals surface area (Å²) in [5.41, 5.74) is -4.63. The Morgan fingerprint density at radius 3 is 1.45 bits per heavy atom. The van der Waals surface area contributed by atoms with Crippen LogP contribution in [0.3, 0.4) is 0 Å². The van der Waals surface area contributed by atoms with Crippen LogP contribution < -0.4 is 11.1 Å². The van der Waals surface area contributed by atoms with Gasteiger partial charge >= 0.3 is 0 Å². The van der Waals surface area contributed by atoms with Crippen LogP contribution in [-0.2, 0) is 14.1 Å².